The van der Waals surface area contributed by atoms with Crippen molar-refractivity contribution in [2.24, 2.45) is 0 Å². The molecule has 0 amide bonds. The van der Waals surface area contributed by atoms with E-state index < -0.39 is 0 Å². The molecule has 0 saturated heterocycles. The molecule has 0 N–H and O–H groups in total. The first-order valence-electron chi connectivity index (χ1n) is 5.33. The Bertz CT molecular complexity index is 480. The quantitative estimate of drug-likeness (QED) is 0.467. The molecule has 0 fully saturated rings. The number of carbonyl (C=O) groups excluding carboxylic acids is 2. The van der Waals surface area contributed by atoms with Crippen molar-refractivity contribution >= 4 is 22.7 Å². The molecule has 0 aliphatic rings. The monoisotopic (exact) mass is 246 g/mol. The van der Waals surface area contributed by atoms with Gasteiger partial charge in [-0.05, 0) is 19.1 Å². The third-order valence-corrected chi connectivity index (χ3v) is 2.85. The number of Topliss-reactive ketones (excluding diaryl/α,β-unsaturated/α-hetero) is 1. The van der Waals surface area contributed by atoms with E-state index in [0.29, 0.717) is 17.7 Å². The van der Waals surface area contributed by atoms with Crippen LogP contribution in [-0.2, 0) is 4.79 Å². The van der Waals surface area contributed by atoms with Crippen LogP contribution in [0.3, 0.4) is 0 Å². The van der Waals surface area contributed by atoms with Crippen LogP contribution >= 0.6 is 11.8 Å². The lowest BCUT2D eigenvalue weighted by atomic mass is 10.1. The molecule has 0 unspecified atom stereocenters. The van der Waals surface area contributed by atoms with E-state index in [4.69, 9.17) is 0 Å². The Kier molecular flexibility index (Phi) is 5.51. The first-order chi connectivity index (χ1) is 8.09. The molecule has 0 aliphatic heterocycles. The van der Waals surface area contributed by atoms with Crippen molar-refractivity contribution in [2.45, 2.75) is 20.3 Å². The molecule has 0 bridgehead atoms. The van der Waals surface area contributed by atoms with Gasteiger partial charge in [-0.15, -0.1) is 0 Å². The Balaban J connectivity index is 2.56. The number of benzene rings is 1. The topological polar surface area (TPSA) is 34.1 Å². The van der Waals surface area contributed by atoms with Gasteiger partial charge in [0.1, 0.15) is 0 Å². The number of ketones is 1. The van der Waals surface area contributed by atoms with E-state index in [0.717, 1.165) is 5.56 Å². The highest BCUT2D eigenvalue weighted by Gasteiger charge is 1.98. The van der Waals surface area contributed by atoms with E-state index in [1.54, 1.807) is 19.1 Å². The van der Waals surface area contributed by atoms with Crippen LogP contribution in [-0.4, -0.2) is 16.7 Å². The van der Waals surface area contributed by atoms with Gasteiger partial charge >= 0.3 is 0 Å². The molecule has 0 aliphatic carbocycles. The second-order valence-electron chi connectivity index (χ2n) is 3.53. The van der Waals surface area contributed by atoms with Gasteiger partial charge in [-0.3, -0.25) is 9.59 Å². The summed E-state index contributed by atoms with van der Waals surface area (Å²) in [5.74, 6) is 6.74. The maximum atomic E-state index is 11.2. The zero-order valence-corrected chi connectivity index (χ0v) is 10.8. The van der Waals surface area contributed by atoms with Crippen molar-refractivity contribution in [3.05, 3.63) is 35.4 Å². The van der Waals surface area contributed by atoms with Gasteiger partial charge < -0.3 is 0 Å². The van der Waals surface area contributed by atoms with Crippen LogP contribution in [0.4, 0.5) is 0 Å². The van der Waals surface area contributed by atoms with Crippen LogP contribution in [0.15, 0.2) is 24.3 Å². The molecule has 0 atom stereocenters. The molecule has 1 rings (SSSR count). The number of rotatable bonds is 3. The largest absolute Gasteiger partial charge is 0.295 e. The Labute approximate surface area is 106 Å². The molecular weight excluding hydrogens is 232 g/mol. The van der Waals surface area contributed by atoms with Crippen molar-refractivity contribution < 1.29 is 9.59 Å². The summed E-state index contributed by atoms with van der Waals surface area (Å²) in [4.78, 5) is 21.8. The number of hydrogen-bond donors (Lipinski definition) is 0. The van der Waals surface area contributed by atoms with Crippen LogP contribution in [0.2, 0.25) is 0 Å². The van der Waals surface area contributed by atoms with Gasteiger partial charge in [-0.1, -0.05) is 35.7 Å². The molecular formula is C14H14O2S. The average molecular weight is 246 g/mol. The van der Waals surface area contributed by atoms with Gasteiger partial charge in [-0.25, -0.2) is 0 Å². The van der Waals surface area contributed by atoms with Gasteiger partial charge in [0.2, 0.25) is 0 Å². The smallest absolute Gasteiger partial charge is 0.185 e. The second kappa shape index (κ2) is 6.93. The van der Waals surface area contributed by atoms with Crippen molar-refractivity contribution in [1.29, 1.82) is 0 Å². The van der Waals surface area contributed by atoms with Crippen LogP contribution in [0.5, 0.6) is 0 Å². The predicted molar refractivity (Wildman–Crippen MR) is 71.1 cm³/mol. The third-order valence-electron chi connectivity index (χ3n) is 2.03. The van der Waals surface area contributed by atoms with Crippen molar-refractivity contribution in [3.8, 4) is 11.8 Å². The summed E-state index contributed by atoms with van der Waals surface area (Å²) >= 11 is 1.28. The maximum Gasteiger partial charge on any atom is 0.185 e. The maximum absolute atomic E-state index is 11.2. The molecule has 3 heteroatoms. The van der Waals surface area contributed by atoms with Crippen LogP contribution in [0, 0.1) is 11.8 Å². The van der Waals surface area contributed by atoms with Gasteiger partial charge in [0.25, 0.3) is 0 Å². The van der Waals surface area contributed by atoms with E-state index in [-0.39, 0.29) is 10.9 Å². The fourth-order valence-corrected chi connectivity index (χ4v) is 1.72. The number of thioether (sulfide) groups is 1. The fourth-order valence-electron chi connectivity index (χ4n) is 1.23. The standard InChI is InChI=1S/C14H14O2S/c1-11(15)14-8-5-7-13(10-14)6-3-4-9-17-12(2)16/h5,7-8,10H,4,9H2,1-2H3. The molecule has 0 aromatic heterocycles. The number of carbonyl (C=O) groups is 2. The summed E-state index contributed by atoms with van der Waals surface area (Å²) in [5.41, 5.74) is 1.51. The average Bonchev–Trinajstić information content (AvgIpc) is 2.28. The molecule has 0 radical (unpaired) electrons. The summed E-state index contributed by atoms with van der Waals surface area (Å²) in [7, 11) is 0. The molecule has 0 saturated carbocycles. The van der Waals surface area contributed by atoms with E-state index in [2.05, 4.69) is 11.8 Å². The first kappa shape index (κ1) is 13.5. The molecule has 0 spiro atoms. The highest BCUT2D eigenvalue weighted by molar-refractivity contribution is 8.13. The second-order valence-corrected chi connectivity index (χ2v) is 4.80. The molecule has 1 aromatic rings. The lowest BCUT2D eigenvalue weighted by molar-refractivity contribution is -0.109. The first-order valence-corrected chi connectivity index (χ1v) is 6.31. The van der Waals surface area contributed by atoms with E-state index in [9.17, 15) is 9.59 Å². The zero-order chi connectivity index (χ0) is 12.7. The molecule has 1 aromatic carbocycles. The van der Waals surface area contributed by atoms with Crippen LogP contribution in [0.25, 0.3) is 0 Å². The Morgan fingerprint density at radius 2 is 2.06 bits per heavy atom. The summed E-state index contributed by atoms with van der Waals surface area (Å²) < 4.78 is 0. The summed E-state index contributed by atoms with van der Waals surface area (Å²) in [6, 6.07) is 7.26. The molecule has 0 heterocycles. The normalized spacial score (nSPS) is 9.29. The zero-order valence-electron chi connectivity index (χ0n) is 9.95. The Morgan fingerprint density at radius 3 is 2.71 bits per heavy atom. The van der Waals surface area contributed by atoms with E-state index >= 15 is 0 Å². The Morgan fingerprint density at radius 1 is 1.29 bits per heavy atom. The summed E-state index contributed by atoms with van der Waals surface area (Å²) in [6.45, 7) is 3.09. The minimum Gasteiger partial charge on any atom is -0.295 e. The van der Waals surface area contributed by atoms with E-state index in [1.165, 1.54) is 18.7 Å². The van der Waals surface area contributed by atoms with E-state index in [1.807, 2.05) is 12.1 Å². The van der Waals surface area contributed by atoms with Gasteiger partial charge in [-0.2, -0.15) is 0 Å². The van der Waals surface area contributed by atoms with Gasteiger partial charge in [0.15, 0.2) is 10.9 Å². The van der Waals surface area contributed by atoms with Crippen LogP contribution < -0.4 is 0 Å². The van der Waals surface area contributed by atoms with Gasteiger partial charge in [0, 0.05) is 30.2 Å². The minimum atomic E-state index is 0.0424. The molecule has 17 heavy (non-hydrogen) atoms. The highest BCUT2D eigenvalue weighted by atomic mass is 32.2. The Hall–Kier alpha value is -1.53. The molecule has 2 nitrogen and oxygen atoms in total. The van der Waals surface area contributed by atoms with Crippen LogP contribution in [0.1, 0.15) is 36.2 Å². The predicted octanol–water partition coefficient (Wildman–Crippen LogP) is 2.91. The van der Waals surface area contributed by atoms with Crippen molar-refractivity contribution in [3.63, 3.8) is 0 Å². The fraction of sp³-hybridized carbons (Fsp3) is 0.286. The summed E-state index contributed by atoms with van der Waals surface area (Å²) in [6.07, 6.45) is 0.675. The summed E-state index contributed by atoms with van der Waals surface area (Å²) in [5, 5.41) is 0.116. The lowest BCUT2D eigenvalue weighted by Crippen LogP contribution is -1.91. The van der Waals surface area contributed by atoms with Crippen molar-refractivity contribution in [1.82, 2.24) is 0 Å². The van der Waals surface area contributed by atoms with Crippen molar-refractivity contribution in [2.75, 3.05) is 5.75 Å². The number of hydrogen-bond acceptors (Lipinski definition) is 3. The minimum absolute atomic E-state index is 0.0424. The SMILES string of the molecule is CC(=O)SCCC#Cc1cccc(C(C)=O)c1. The lowest BCUT2D eigenvalue weighted by Gasteiger charge is -1.95. The third kappa shape index (κ3) is 5.37. The molecule has 88 valence electrons. The van der Waals surface area contributed by atoms with Gasteiger partial charge in [0.05, 0.1) is 0 Å². The highest BCUT2D eigenvalue weighted by Crippen LogP contribution is 2.05.